The molecule has 0 spiro atoms. The summed E-state index contributed by atoms with van der Waals surface area (Å²) in [6, 6.07) is 13.6. The second-order valence-electron chi connectivity index (χ2n) is 7.38. The summed E-state index contributed by atoms with van der Waals surface area (Å²) in [5.41, 5.74) is 2.66. The maximum Gasteiger partial charge on any atom is 0.253 e. The Kier molecular flexibility index (Phi) is 4.25. The van der Waals surface area contributed by atoms with Crippen LogP contribution in [-0.4, -0.2) is 41.5 Å². The summed E-state index contributed by atoms with van der Waals surface area (Å²) in [6.07, 6.45) is 2.34. The Morgan fingerprint density at radius 3 is 2.63 bits per heavy atom. The third-order valence-electron chi connectivity index (χ3n) is 5.73. The quantitative estimate of drug-likeness (QED) is 0.686. The van der Waals surface area contributed by atoms with Crippen molar-refractivity contribution in [1.29, 1.82) is 0 Å². The van der Waals surface area contributed by atoms with E-state index in [1.54, 1.807) is 0 Å². The fourth-order valence-electron chi connectivity index (χ4n) is 4.24. The number of nitrogens with zero attached hydrogens (tertiary/aromatic N) is 2. The van der Waals surface area contributed by atoms with E-state index < -0.39 is 0 Å². The lowest BCUT2D eigenvalue weighted by Crippen LogP contribution is -2.57. The molecule has 2 bridgehead atoms. The van der Waals surface area contributed by atoms with Gasteiger partial charge in [-0.15, -0.1) is 0 Å². The molecule has 0 radical (unpaired) electrons. The lowest BCUT2D eigenvalue weighted by Gasteiger charge is -2.44. The smallest absolute Gasteiger partial charge is 0.253 e. The van der Waals surface area contributed by atoms with Crippen molar-refractivity contribution in [3.05, 3.63) is 52.5 Å². The number of piperidine rings is 3. The standard InChI is InChI=1S/C21H20BrN3O2/c22-16-7-6-15(20(26)23-17-12-25-10-8-13(17)9-11-25)18-19(16)27-21(24-18)14-4-2-1-3-5-14/h1-7,13,17H,8-12H2,(H,23,26). The van der Waals surface area contributed by atoms with Crippen LogP contribution in [0, 0.1) is 5.92 Å². The molecule has 5 nitrogen and oxygen atoms in total. The van der Waals surface area contributed by atoms with Crippen LogP contribution in [-0.2, 0) is 0 Å². The van der Waals surface area contributed by atoms with E-state index in [-0.39, 0.29) is 11.9 Å². The highest BCUT2D eigenvalue weighted by atomic mass is 79.9. The molecule has 3 aliphatic rings. The summed E-state index contributed by atoms with van der Waals surface area (Å²) < 4.78 is 6.77. The number of rotatable bonds is 3. The molecule has 3 fully saturated rings. The lowest BCUT2D eigenvalue weighted by molar-refractivity contribution is 0.0621. The van der Waals surface area contributed by atoms with E-state index in [0.717, 1.165) is 29.7 Å². The Balaban J connectivity index is 1.48. The molecule has 1 amide bonds. The Labute approximate surface area is 165 Å². The second-order valence-corrected chi connectivity index (χ2v) is 8.23. The van der Waals surface area contributed by atoms with Gasteiger partial charge in [0, 0.05) is 18.2 Å². The fraction of sp³-hybridized carbons (Fsp3) is 0.333. The largest absolute Gasteiger partial charge is 0.435 e. The van der Waals surface area contributed by atoms with Crippen LogP contribution < -0.4 is 5.32 Å². The lowest BCUT2D eigenvalue weighted by atomic mass is 9.84. The maximum atomic E-state index is 13.0. The van der Waals surface area contributed by atoms with Crippen molar-refractivity contribution in [3.8, 4) is 11.5 Å². The van der Waals surface area contributed by atoms with Gasteiger partial charge >= 0.3 is 0 Å². The summed E-state index contributed by atoms with van der Waals surface area (Å²) in [4.78, 5) is 20.1. The third-order valence-corrected chi connectivity index (χ3v) is 6.36. The van der Waals surface area contributed by atoms with E-state index in [9.17, 15) is 4.79 Å². The molecule has 3 aromatic rings. The number of benzene rings is 2. The van der Waals surface area contributed by atoms with Gasteiger partial charge in [-0.2, -0.15) is 0 Å². The molecule has 1 N–H and O–H groups in total. The highest BCUT2D eigenvalue weighted by Gasteiger charge is 2.35. The number of hydrogen-bond donors (Lipinski definition) is 1. The minimum Gasteiger partial charge on any atom is -0.435 e. The Hall–Kier alpha value is -2.18. The van der Waals surface area contributed by atoms with Crippen molar-refractivity contribution >= 4 is 32.9 Å². The number of carbonyl (C=O) groups is 1. The first-order valence-electron chi connectivity index (χ1n) is 9.37. The number of oxazole rings is 1. The molecule has 1 aromatic heterocycles. The Morgan fingerprint density at radius 2 is 1.93 bits per heavy atom. The molecule has 2 aromatic carbocycles. The molecule has 1 atom stereocenters. The minimum absolute atomic E-state index is 0.0702. The molecule has 0 aliphatic carbocycles. The van der Waals surface area contributed by atoms with Gasteiger partial charge < -0.3 is 14.6 Å². The SMILES string of the molecule is O=C(NC1CN2CCC1CC2)c1ccc(Br)c2oc(-c3ccccc3)nc12. The molecule has 4 heterocycles. The zero-order valence-electron chi connectivity index (χ0n) is 14.8. The van der Waals surface area contributed by atoms with Crippen molar-refractivity contribution in [2.24, 2.45) is 5.92 Å². The summed E-state index contributed by atoms with van der Waals surface area (Å²) in [5, 5.41) is 3.25. The first-order chi connectivity index (χ1) is 13.2. The average molecular weight is 426 g/mol. The zero-order chi connectivity index (χ0) is 18.4. The van der Waals surface area contributed by atoms with Gasteiger partial charge in [-0.25, -0.2) is 4.98 Å². The number of halogens is 1. The summed E-state index contributed by atoms with van der Waals surface area (Å²) in [6.45, 7) is 3.26. The maximum absolute atomic E-state index is 13.0. The molecular weight excluding hydrogens is 406 g/mol. The van der Waals surface area contributed by atoms with Gasteiger partial charge in [0.1, 0.15) is 5.52 Å². The highest BCUT2D eigenvalue weighted by molar-refractivity contribution is 9.10. The van der Waals surface area contributed by atoms with E-state index in [1.165, 1.54) is 12.8 Å². The van der Waals surface area contributed by atoms with Crippen LogP contribution in [0.3, 0.4) is 0 Å². The van der Waals surface area contributed by atoms with Crippen LogP contribution in [0.5, 0.6) is 0 Å². The summed E-state index contributed by atoms with van der Waals surface area (Å²) >= 11 is 3.52. The molecule has 3 saturated heterocycles. The van der Waals surface area contributed by atoms with E-state index in [4.69, 9.17) is 4.42 Å². The topological polar surface area (TPSA) is 58.4 Å². The molecule has 3 aliphatic heterocycles. The van der Waals surface area contributed by atoms with E-state index >= 15 is 0 Å². The van der Waals surface area contributed by atoms with Gasteiger partial charge in [0.25, 0.3) is 5.91 Å². The normalized spacial score (nSPS) is 24.3. The van der Waals surface area contributed by atoms with Crippen molar-refractivity contribution in [2.45, 2.75) is 18.9 Å². The van der Waals surface area contributed by atoms with E-state index in [0.29, 0.717) is 28.5 Å². The minimum atomic E-state index is -0.0702. The van der Waals surface area contributed by atoms with Gasteiger partial charge in [0.05, 0.1) is 10.0 Å². The molecule has 27 heavy (non-hydrogen) atoms. The van der Waals surface area contributed by atoms with Crippen molar-refractivity contribution in [1.82, 2.24) is 15.2 Å². The first kappa shape index (κ1) is 17.0. The van der Waals surface area contributed by atoms with Gasteiger partial charge in [-0.1, -0.05) is 18.2 Å². The van der Waals surface area contributed by atoms with Gasteiger partial charge in [-0.3, -0.25) is 4.79 Å². The van der Waals surface area contributed by atoms with Gasteiger partial charge in [0.15, 0.2) is 5.58 Å². The summed E-state index contributed by atoms with van der Waals surface area (Å²) in [5.74, 6) is 1.04. The highest BCUT2D eigenvalue weighted by Crippen LogP contribution is 2.32. The van der Waals surface area contributed by atoms with Crippen LogP contribution in [0.2, 0.25) is 0 Å². The summed E-state index contributed by atoms with van der Waals surface area (Å²) in [7, 11) is 0. The third kappa shape index (κ3) is 3.07. The van der Waals surface area contributed by atoms with Gasteiger partial charge in [0.2, 0.25) is 5.89 Å². The molecule has 1 unspecified atom stereocenters. The van der Waals surface area contributed by atoms with E-state index in [1.807, 2.05) is 42.5 Å². The molecule has 138 valence electrons. The van der Waals surface area contributed by atoms with Crippen molar-refractivity contribution < 1.29 is 9.21 Å². The molecule has 6 heteroatoms. The van der Waals surface area contributed by atoms with Crippen LogP contribution in [0.25, 0.3) is 22.6 Å². The Morgan fingerprint density at radius 1 is 1.15 bits per heavy atom. The number of hydrogen-bond acceptors (Lipinski definition) is 4. The molecular formula is C21H20BrN3O2. The second kappa shape index (κ2) is 6.77. The van der Waals surface area contributed by atoms with Crippen molar-refractivity contribution in [2.75, 3.05) is 19.6 Å². The van der Waals surface area contributed by atoms with E-state index in [2.05, 4.69) is 31.1 Å². The predicted octanol–water partition coefficient (Wildman–Crippen LogP) is 4.08. The van der Waals surface area contributed by atoms with Crippen LogP contribution in [0.1, 0.15) is 23.2 Å². The molecule has 0 saturated carbocycles. The number of carbonyl (C=O) groups excluding carboxylic acids is 1. The number of fused-ring (bicyclic) bond motifs is 4. The van der Waals surface area contributed by atoms with Crippen LogP contribution in [0.4, 0.5) is 0 Å². The fourth-order valence-corrected chi connectivity index (χ4v) is 4.64. The predicted molar refractivity (Wildman–Crippen MR) is 108 cm³/mol. The van der Waals surface area contributed by atoms with Gasteiger partial charge in [-0.05, 0) is 72.0 Å². The first-order valence-corrected chi connectivity index (χ1v) is 10.2. The number of nitrogens with one attached hydrogen (secondary N) is 1. The average Bonchev–Trinajstić information content (AvgIpc) is 3.16. The molecule has 6 rings (SSSR count). The monoisotopic (exact) mass is 425 g/mol. The van der Waals surface area contributed by atoms with Crippen molar-refractivity contribution in [3.63, 3.8) is 0 Å². The van der Waals surface area contributed by atoms with Crippen LogP contribution in [0.15, 0.2) is 51.4 Å². The number of amides is 1. The number of aromatic nitrogens is 1. The van der Waals surface area contributed by atoms with Crippen LogP contribution >= 0.6 is 15.9 Å². The Bertz CT molecular complexity index is 993. The zero-order valence-corrected chi connectivity index (χ0v) is 16.4.